The van der Waals surface area contributed by atoms with Crippen LogP contribution in [0, 0.1) is 5.41 Å². The quantitative estimate of drug-likeness (QED) is 0.702. The van der Waals surface area contributed by atoms with E-state index in [1.165, 1.54) is 0 Å². The molecule has 2 N–H and O–H groups in total. The van der Waals surface area contributed by atoms with Crippen LogP contribution in [-0.4, -0.2) is 38.8 Å². The number of hydrogen-bond acceptors (Lipinski definition) is 3. The van der Waals surface area contributed by atoms with Crippen LogP contribution < -0.4 is 10.6 Å². The SMILES string of the molecule is COCCC1(C(=O)NC(C)C)CCNC1. The average molecular weight is 214 g/mol. The van der Waals surface area contributed by atoms with Crippen LogP contribution in [0.2, 0.25) is 0 Å². The fourth-order valence-electron chi connectivity index (χ4n) is 1.98. The number of nitrogens with one attached hydrogen (secondary N) is 2. The van der Waals surface area contributed by atoms with Crippen molar-refractivity contribution in [2.75, 3.05) is 26.8 Å². The molecule has 0 aromatic heterocycles. The molecule has 4 nitrogen and oxygen atoms in total. The van der Waals surface area contributed by atoms with Crippen molar-refractivity contribution >= 4 is 5.91 Å². The molecule has 1 rings (SSSR count). The Morgan fingerprint density at radius 2 is 2.33 bits per heavy atom. The van der Waals surface area contributed by atoms with Crippen LogP contribution in [0.5, 0.6) is 0 Å². The van der Waals surface area contributed by atoms with Gasteiger partial charge in [-0.1, -0.05) is 0 Å². The van der Waals surface area contributed by atoms with E-state index in [0.29, 0.717) is 6.61 Å². The molecule has 1 saturated heterocycles. The first-order valence-corrected chi connectivity index (χ1v) is 5.61. The van der Waals surface area contributed by atoms with Crippen LogP contribution in [0.3, 0.4) is 0 Å². The Bertz CT molecular complexity index is 211. The molecule has 1 heterocycles. The summed E-state index contributed by atoms with van der Waals surface area (Å²) in [6, 6.07) is 0.206. The Balaban J connectivity index is 2.59. The summed E-state index contributed by atoms with van der Waals surface area (Å²) in [7, 11) is 1.68. The minimum atomic E-state index is -0.250. The van der Waals surface area contributed by atoms with Crippen LogP contribution >= 0.6 is 0 Å². The van der Waals surface area contributed by atoms with Crippen LogP contribution in [0.4, 0.5) is 0 Å². The highest BCUT2D eigenvalue weighted by molar-refractivity contribution is 5.83. The van der Waals surface area contributed by atoms with E-state index in [-0.39, 0.29) is 17.4 Å². The Labute approximate surface area is 91.8 Å². The molecule has 15 heavy (non-hydrogen) atoms. The predicted molar refractivity (Wildman–Crippen MR) is 59.7 cm³/mol. The normalized spacial score (nSPS) is 25.9. The van der Waals surface area contributed by atoms with Gasteiger partial charge in [0, 0.05) is 26.3 Å². The third kappa shape index (κ3) is 3.18. The third-order valence-electron chi connectivity index (χ3n) is 2.93. The van der Waals surface area contributed by atoms with Crippen molar-refractivity contribution < 1.29 is 9.53 Å². The molecule has 1 aliphatic rings. The highest BCUT2D eigenvalue weighted by Crippen LogP contribution is 2.30. The van der Waals surface area contributed by atoms with Gasteiger partial charge in [0.05, 0.1) is 5.41 Å². The summed E-state index contributed by atoms with van der Waals surface area (Å²) in [5.41, 5.74) is -0.250. The van der Waals surface area contributed by atoms with Crippen molar-refractivity contribution in [3.05, 3.63) is 0 Å². The van der Waals surface area contributed by atoms with Gasteiger partial charge in [-0.05, 0) is 33.2 Å². The smallest absolute Gasteiger partial charge is 0.227 e. The highest BCUT2D eigenvalue weighted by atomic mass is 16.5. The zero-order chi connectivity index (χ0) is 11.3. The second-order valence-electron chi connectivity index (χ2n) is 4.58. The molecule has 0 saturated carbocycles. The summed E-state index contributed by atoms with van der Waals surface area (Å²) in [5, 5.41) is 6.26. The largest absolute Gasteiger partial charge is 0.385 e. The van der Waals surface area contributed by atoms with Gasteiger partial charge in [0.25, 0.3) is 0 Å². The number of ether oxygens (including phenoxy) is 1. The highest BCUT2D eigenvalue weighted by Gasteiger charge is 2.40. The van der Waals surface area contributed by atoms with E-state index in [9.17, 15) is 4.79 Å². The van der Waals surface area contributed by atoms with Gasteiger partial charge in [0.2, 0.25) is 5.91 Å². The van der Waals surface area contributed by atoms with E-state index in [1.807, 2.05) is 13.8 Å². The summed E-state index contributed by atoms with van der Waals surface area (Å²) in [5.74, 6) is 0.166. The number of carbonyl (C=O) groups excluding carboxylic acids is 1. The van der Waals surface area contributed by atoms with E-state index in [4.69, 9.17) is 4.74 Å². The minimum absolute atomic E-state index is 0.166. The maximum Gasteiger partial charge on any atom is 0.227 e. The van der Waals surface area contributed by atoms with Crippen LogP contribution in [0.25, 0.3) is 0 Å². The maximum atomic E-state index is 12.1. The standard InChI is InChI=1S/C11H22N2O2/c1-9(2)13-10(14)11(5-7-15-3)4-6-12-8-11/h9,12H,4-8H2,1-3H3,(H,13,14). The van der Waals surface area contributed by atoms with Gasteiger partial charge >= 0.3 is 0 Å². The second-order valence-corrected chi connectivity index (χ2v) is 4.58. The van der Waals surface area contributed by atoms with Gasteiger partial charge in [-0.3, -0.25) is 4.79 Å². The third-order valence-corrected chi connectivity index (χ3v) is 2.93. The van der Waals surface area contributed by atoms with E-state index in [1.54, 1.807) is 7.11 Å². The van der Waals surface area contributed by atoms with Crippen molar-refractivity contribution in [1.82, 2.24) is 10.6 Å². The molecule has 0 aliphatic carbocycles. The molecule has 1 atom stereocenters. The molecular formula is C11H22N2O2. The maximum absolute atomic E-state index is 12.1. The molecule has 0 aromatic carbocycles. The van der Waals surface area contributed by atoms with Crippen LogP contribution in [-0.2, 0) is 9.53 Å². The van der Waals surface area contributed by atoms with Crippen molar-refractivity contribution in [1.29, 1.82) is 0 Å². The van der Waals surface area contributed by atoms with Gasteiger partial charge in [-0.25, -0.2) is 0 Å². The summed E-state index contributed by atoms with van der Waals surface area (Å²) >= 11 is 0. The van der Waals surface area contributed by atoms with Gasteiger partial charge < -0.3 is 15.4 Å². The molecule has 1 aliphatic heterocycles. The van der Waals surface area contributed by atoms with Crippen molar-refractivity contribution in [2.24, 2.45) is 5.41 Å². The number of amides is 1. The first-order chi connectivity index (χ1) is 7.10. The Morgan fingerprint density at radius 1 is 1.60 bits per heavy atom. The van der Waals surface area contributed by atoms with E-state index in [0.717, 1.165) is 25.9 Å². The Kier molecular flexibility index (Phi) is 4.54. The molecule has 0 bridgehead atoms. The lowest BCUT2D eigenvalue weighted by Crippen LogP contribution is -2.45. The number of carbonyl (C=O) groups is 1. The number of hydrogen-bond donors (Lipinski definition) is 2. The second kappa shape index (κ2) is 5.47. The first kappa shape index (κ1) is 12.5. The molecule has 1 amide bonds. The molecular weight excluding hydrogens is 192 g/mol. The summed E-state index contributed by atoms with van der Waals surface area (Å²) in [4.78, 5) is 12.1. The van der Waals surface area contributed by atoms with Crippen LogP contribution in [0.15, 0.2) is 0 Å². The molecule has 0 radical (unpaired) electrons. The monoisotopic (exact) mass is 214 g/mol. The average Bonchev–Trinajstić information content (AvgIpc) is 2.63. The summed E-state index contributed by atoms with van der Waals surface area (Å²) in [6.45, 7) is 6.33. The molecule has 4 heteroatoms. The number of rotatable bonds is 5. The van der Waals surface area contributed by atoms with E-state index < -0.39 is 0 Å². The van der Waals surface area contributed by atoms with Gasteiger partial charge in [-0.15, -0.1) is 0 Å². The summed E-state index contributed by atoms with van der Waals surface area (Å²) < 4.78 is 5.08. The lowest BCUT2D eigenvalue weighted by atomic mass is 9.82. The van der Waals surface area contributed by atoms with Gasteiger partial charge in [-0.2, -0.15) is 0 Å². The van der Waals surface area contributed by atoms with Crippen molar-refractivity contribution in [3.8, 4) is 0 Å². The zero-order valence-electron chi connectivity index (χ0n) is 9.93. The predicted octanol–water partition coefficient (Wildman–Crippen LogP) is 0.527. The minimum Gasteiger partial charge on any atom is -0.385 e. The fraction of sp³-hybridized carbons (Fsp3) is 0.909. The van der Waals surface area contributed by atoms with Crippen LogP contribution in [0.1, 0.15) is 26.7 Å². The van der Waals surface area contributed by atoms with Gasteiger partial charge in [0.1, 0.15) is 0 Å². The molecule has 88 valence electrons. The zero-order valence-corrected chi connectivity index (χ0v) is 9.93. The Morgan fingerprint density at radius 3 is 2.80 bits per heavy atom. The number of methoxy groups -OCH3 is 1. The van der Waals surface area contributed by atoms with Crippen molar-refractivity contribution in [2.45, 2.75) is 32.7 Å². The fourth-order valence-corrected chi connectivity index (χ4v) is 1.98. The lowest BCUT2D eigenvalue weighted by Gasteiger charge is -2.27. The van der Waals surface area contributed by atoms with E-state index >= 15 is 0 Å². The molecule has 0 spiro atoms. The topological polar surface area (TPSA) is 50.4 Å². The lowest BCUT2D eigenvalue weighted by molar-refractivity contribution is -0.131. The van der Waals surface area contributed by atoms with Crippen molar-refractivity contribution in [3.63, 3.8) is 0 Å². The first-order valence-electron chi connectivity index (χ1n) is 5.61. The molecule has 1 fully saturated rings. The molecule has 1 unspecified atom stereocenters. The Hall–Kier alpha value is -0.610. The molecule has 0 aromatic rings. The summed E-state index contributed by atoms with van der Waals surface area (Å²) in [6.07, 6.45) is 1.71. The van der Waals surface area contributed by atoms with Gasteiger partial charge in [0.15, 0.2) is 0 Å². The van der Waals surface area contributed by atoms with E-state index in [2.05, 4.69) is 10.6 Å².